The van der Waals surface area contributed by atoms with E-state index in [9.17, 15) is 23.1 Å². The van der Waals surface area contributed by atoms with Crippen LogP contribution in [0.3, 0.4) is 0 Å². The Hall–Kier alpha value is -2.81. The molecule has 1 N–H and O–H groups in total. The van der Waals surface area contributed by atoms with Crippen LogP contribution < -0.4 is 0 Å². The minimum absolute atomic E-state index is 0.0607. The SMILES string of the molecule is O=C(c1cccnc1)N1N=C(c2ccncc2)C[C@@]1(O)C(F)(F)F. The van der Waals surface area contributed by atoms with E-state index in [1.54, 1.807) is 0 Å². The summed E-state index contributed by atoms with van der Waals surface area (Å²) in [7, 11) is 0. The first-order valence-electron chi connectivity index (χ1n) is 6.84. The number of hydrogen-bond acceptors (Lipinski definition) is 5. The third-order valence-corrected chi connectivity index (χ3v) is 3.55. The van der Waals surface area contributed by atoms with E-state index in [0.717, 1.165) is 6.20 Å². The van der Waals surface area contributed by atoms with Gasteiger partial charge in [0.25, 0.3) is 11.6 Å². The van der Waals surface area contributed by atoms with Gasteiger partial charge in [-0.2, -0.15) is 23.3 Å². The summed E-state index contributed by atoms with van der Waals surface area (Å²) in [6, 6.07) is 5.61. The predicted octanol–water partition coefficient (Wildman–Crippen LogP) is 1.98. The highest BCUT2D eigenvalue weighted by Crippen LogP contribution is 2.41. The number of pyridine rings is 2. The highest BCUT2D eigenvalue weighted by Gasteiger charge is 2.63. The number of aliphatic hydroxyl groups is 1. The lowest BCUT2D eigenvalue weighted by atomic mass is 10.0. The highest BCUT2D eigenvalue weighted by molar-refractivity contribution is 6.05. The van der Waals surface area contributed by atoms with Gasteiger partial charge in [0, 0.05) is 30.4 Å². The van der Waals surface area contributed by atoms with Crippen LogP contribution in [0, 0.1) is 0 Å². The highest BCUT2D eigenvalue weighted by atomic mass is 19.4. The van der Waals surface area contributed by atoms with Gasteiger partial charge in [-0.15, -0.1) is 0 Å². The van der Waals surface area contributed by atoms with E-state index in [4.69, 9.17) is 0 Å². The van der Waals surface area contributed by atoms with Gasteiger partial charge in [0.2, 0.25) is 0 Å². The van der Waals surface area contributed by atoms with E-state index < -0.39 is 24.2 Å². The Morgan fingerprint density at radius 1 is 1.17 bits per heavy atom. The van der Waals surface area contributed by atoms with Crippen LogP contribution in [0.4, 0.5) is 13.2 Å². The first kappa shape index (κ1) is 16.1. The number of carbonyl (C=O) groups is 1. The van der Waals surface area contributed by atoms with Gasteiger partial charge in [-0.05, 0) is 24.3 Å². The molecular formula is C15H11F3N4O2. The van der Waals surface area contributed by atoms with E-state index in [1.165, 1.54) is 42.9 Å². The summed E-state index contributed by atoms with van der Waals surface area (Å²) < 4.78 is 40.2. The molecular weight excluding hydrogens is 325 g/mol. The average molecular weight is 336 g/mol. The van der Waals surface area contributed by atoms with Crippen molar-refractivity contribution in [2.45, 2.75) is 18.3 Å². The molecule has 1 atom stereocenters. The Kier molecular flexibility index (Phi) is 3.80. The topological polar surface area (TPSA) is 78.7 Å². The largest absolute Gasteiger partial charge is 0.438 e. The van der Waals surface area contributed by atoms with E-state index >= 15 is 0 Å². The maximum atomic E-state index is 13.4. The summed E-state index contributed by atoms with van der Waals surface area (Å²) >= 11 is 0. The molecule has 1 aliphatic heterocycles. The van der Waals surface area contributed by atoms with Gasteiger partial charge in [-0.1, -0.05) is 0 Å². The van der Waals surface area contributed by atoms with Crippen molar-refractivity contribution in [3.8, 4) is 0 Å². The smallest absolute Gasteiger partial charge is 0.362 e. The minimum atomic E-state index is -5.08. The van der Waals surface area contributed by atoms with Crippen molar-refractivity contribution >= 4 is 11.6 Å². The van der Waals surface area contributed by atoms with Gasteiger partial charge in [-0.25, -0.2) is 0 Å². The molecule has 6 nitrogen and oxygen atoms in total. The van der Waals surface area contributed by atoms with Gasteiger partial charge in [-0.3, -0.25) is 14.8 Å². The normalized spacial score (nSPS) is 20.8. The number of aromatic nitrogens is 2. The second-order valence-electron chi connectivity index (χ2n) is 5.13. The van der Waals surface area contributed by atoms with Crippen LogP contribution in [0.25, 0.3) is 0 Å². The summed E-state index contributed by atoms with van der Waals surface area (Å²) in [6.45, 7) is 0. The Balaban J connectivity index is 2.05. The molecule has 0 saturated heterocycles. The lowest BCUT2D eigenvalue weighted by Crippen LogP contribution is -2.56. The monoisotopic (exact) mass is 336 g/mol. The zero-order valence-electron chi connectivity index (χ0n) is 12.1. The first-order chi connectivity index (χ1) is 11.3. The number of alkyl halides is 3. The van der Waals surface area contributed by atoms with Crippen molar-refractivity contribution in [2.75, 3.05) is 0 Å². The molecule has 0 radical (unpaired) electrons. The van der Waals surface area contributed by atoms with E-state index in [0.29, 0.717) is 5.56 Å². The lowest BCUT2D eigenvalue weighted by molar-refractivity contribution is -0.297. The third-order valence-electron chi connectivity index (χ3n) is 3.55. The summed E-state index contributed by atoms with van der Waals surface area (Å²) in [4.78, 5) is 19.9. The third kappa shape index (κ3) is 2.62. The molecule has 2 aromatic rings. The van der Waals surface area contributed by atoms with Crippen LogP contribution in [0.5, 0.6) is 0 Å². The Labute approximate surface area is 134 Å². The zero-order chi connectivity index (χ0) is 17.4. The average Bonchev–Trinajstić information content (AvgIpc) is 2.95. The standard InChI is InChI=1S/C15H11F3N4O2/c16-15(17,18)14(24)8-12(10-3-6-19-7-4-10)21-22(14)13(23)11-2-1-5-20-9-11/h1-7,9,24H,8H2/t14-/m1/s1. The number of halogens is 3. The quantitative estimate of drug-likeness (QED) is 0.909. The fraction of sp³-hybridized carbons (Fsp3) is 0.200. The Bertz CT molecular complexity index is 780. The van der Waals surface area contributed by atoms with Crippen LogP contribution in [-0.2, 0) is 0 Å². The second kappa shape index (κ2) is 5.68. The van der Waals surface area contributed by atoms with Crippen molar-refractivity contribution < 1.29 is 23.1 Å². The molecule has 9 heteroatoms. The zero-order valence-corrected chi connectivity index (χ0v) is 12.1. The fourth-order valence-electron chi connectivity index (χ4n) is 2.30. The molecule has 3 heterocycles. The van der Waals surface area contributed by atoms with Gasteiger partial charge in [0.1, 0.15) is 0 Å². The number of hydrazone groups is 1. The van der Waals surface area contributed by atoms with Gasteiger partial charge in [0.05, 0.1) is 17.7 Å². The van der Waals surface area contributed by atoms with Crippen LogP contribution in [0.15, 0.2) is 54.2 Å². The minimum Gasteiger partial charge on any atom is -0.362 e. The maximum Gasteiger partial charge on any atom is 0.438 e. The van der Waals surface area contributed by atoms with Gasteiger partial charge < -0.3 is 5.11 Å². The molecule has 0 unspecified atom stereocenters. The van der Waals surface area contributed by atoms with E-state index in [-0.39, 0.29) is 16.3 Å². The van der Waals surface area contributed by atoms with Gasteiger partial charge in [0.15, 0.2) is 0 Å². The van der Waals surface area contributed by atoms with E-state index in [1.807, 2.05) is 0 Å². The molecule has 124 valence electrons. The van der Waals surface area contributed by atoms with Crippen LogP contribution in [-0.4, -0.2) is 43.6 Å². The number of hydrogen-bond donors (Lipinski definition) is 1. The van der Waals surface area contributed by atoms with Crippen molar-refractivity contribution in [2.24, 2.45) is 5.10 Å². The summed E-state index contributed by atoms with van der Waals surface area (Å²) in [6.07, 6.45) is -0.691. The molecule has 2 aromatic heterocycles. The molecule has 0 fully saturated rings. The van der Waals surface area contributed by atoms with Crippen molar-refractivity contribution in [3.63, 3.8) is 0 Å². The summed E-state index contributed by atoms with van der Waals surface area (Å²) in [5, 5.41) is 14.0. The number of carbonyl (C=O) groups excluding carboxylic acids is 1. The molecule has 1 aliphatic rings. The Morgan fingerprint density at radius 2 is 1.88 bits per heavy atom. The summed E-state index contributed by atoms with van der Waals surface area (Å²) in [5.41, 5.74) is -3.25. The number of rotatable bonds is 2. The second-order valence-corrected chi connectivity index (χ2v) is 5.13. The van der Waals surface area contributed by atoms with Gasteiger partial charge >= 0.3 is 6.18 Å². The molecule has 0 saturated carbocycles. The summed E-state index contributed by atoms with van der Waals surface area (Å²) in [5.74, 6) is -1.09. The van der Waals surface area contributed by atoms with Crippen molar-refractivity contribution in [3.05, 3.63) is 60.2 Å². The van der Waals surface area contributed by atoms with Crippen LogP contribution >= 0.6 is 0 Å². The molecule has 3 rings (SSSR count). The fourth-order valence-corrected chi connectivity index (χ4v) is 2.30. The van der Waals surface area contributed by atoms with Crippen LogP contribution in [0.1, 0.15) is 22.3 Å². The predicted molar refractivity (Wildman–Crippen MR) is 76.8 cm³/mol. The molecule has 24 heavy (non-hydrogen) atoms. The van der Waals surface area contributed by atoms with Crippen molar-refractivity contribution in [1.82, 2.24) is 15.0 Å². The molecule has 0 spiro atoms. The van der Waals surface area contributed by atoms with Crippen molar-refractivity contribution in [1.29, 1.82) is 0 Å². The number of nitrogens with zero attached hydrogens (tertiary/aromatic N) is 4. The Morgan fingerprint density at radius 3 is 2.46 bits per heavy atom. The molecule has 0 aliphatic carbocycles. The number of amides is 1. The first-order valence-corrected chi connectivity index (χ1v) is 6.84. The molecule has 0 aromatic carbocycles. The van der Waals surface area contributed by atoms with E-state index in [2.05, 4.69) is 15.1 Å². The lowest BCUT2D eigenvalue weighted by Gasteiger charge is -2.32. The molecule has 1 amide bonds. The van der Waals surface area contributed by atoms with Crippen LogP contribution in [0.2, 0.25) is 0 Å². The maximum absolute atomic E-state index is 13.4. The molecule has 0 bridgehead atoms.